The quantitative estimate of drug-likeness (QED) is 0.537. The molecule has 16 heavy (non-hydrogen) atoms. The van der Waals surface area contributed by atoms with E-state index in [4.69, 9.17) is 4.52 Å². The highest BCUT2D eigenvalue weighted by molar-refractivity contribution is 7.48. The van der Waals surface area contributed by atoms with Crippen molar-refractivity contribution < 1.29 is 9.09 Å². The van der Waals surface area contributed by atoms with Crippen LogP contribution in [0.4, 0.5) is 0 Å². The van der Waals surface area contributed by atoms with E-state index >= 15 is 0 Å². The molecule has 3 heteroatoms. The van der Waals surface area contributed by atoms with Crippen molar-refractivity contribution in [2.75, 3.05) is 6.61 Å². The van der Waals surface area contributed by atoms with Crippen molar-refractivity contribution in [2.24, 2.45) is 5.92 Å². The van der Waals surface area contributed by atoms with Gasteiger partial charge in [0.2, 0.25) is 8.03 Å². The fraction of sp³-hybridized carbons (Fsp3) is 0.538. The fourth-order valence-corrected chi connectivity index (χ4v) is 2.44. The van der Waals surface area contributed by atoms with Gasteiger partial charge in [-0.2, -0.15) is 0 Å². The van der Waals surface area contributed by atoms with Crippen LogP contribution >= 0.6 is 8.03 Å². The smallest absolute Gasteiger partial charge is 0.220 e. The molecule has 1 rings (SSSR count). The molecule has 1 unspecified atom stereocenters. The Morgan fingerprint density at radius 1 is 1.19 bits per heavy atom. The second kappa shape index (κ2) is 7.65. The predicted molar refractivity (Wildman–Crippen MR) is 69.7 cm³/mol. The Kier molecular flexibility index (Phi) is 6.44. The van der Waals surface area contributed by atoms with E-state index in [0.29, 0.717) is 6.61 Å². The van der Waals surface area contributed by atoms with Crippen LogP contribution in [0.3, 0.4) is 0 Å². The summed E-state index contributed by atoms with van der Waals surface area (Å²) in [5.41, 5.74) is 0. The number of rotatable bonds is 7. The lowest BCUT2D eigenvalue weighted by Crippen LogP contribution is -1.98. The number of benzene rings is 1. The van der Waals surface area contributed by atoms with Crippen molar-refractivity contribution in [1.29, 1.82) is 0 Å². The maximum atomic E-state index is 11.7. The standard InChI is InChI=1S/C13H21O2P/c1-12(2)8-6-7-11-15-16(14)13-9-4-3-5-10-13/h3-5,9-10,12,16H,6-8,11H2,1-2H3. The van der Waals surface area contributed by atoms with Gasteiger partial charge in [-0.15, -0.1) is 0 Å². The first-order valence-electron chi connectivity index (χ1n) is 5.92. The minimum absolute atomic E-state index is 0.611. The first kappa shape index (κ1) is 13.5. The minimum Gasteiger partial charge on any atom is -0.327 e. The maximum absolute atomic E-state index is 11.7. The van der Waals surface area contributed by atoms with Crippen LogP contribution < -0.4 is 5.30 Å². The zero-order valence-corrected chi connectivity index (χ0v) is 11.1. The zero-order chi connectivity index (χ0) is 11.8. The van der Waals surface area contributed by atoms with Crippen molar-refractivity contribution in [1.82, 2.24) is 0 Å². The predicted octanol–water partition coefficient (Wildman–Crippen LogP) is 3.63. The molecule has 0 amide bonds. The molecular formula is C13H21O2P. The molecule has 0 bridgehead atoms. The second-order valence-electron chi connectivity index (χ2n) is 4.39. The Bertz CT molecular complexity index is 309. The second-order valence-corrected chi connectivity index (χ2v) is 5.83. The Hall–Kier alpha value is -0.590. The van der Waals surface area contributed by atoms with Gasteiger partial charge in [0.25, 0.3) is 0 Å². The van der Waals surface area contributed by atoms with Gasteiger partial charge in [0.15, 0.2) is 0 Å². The largest absolute Gasteiger partial charge is 0.327 e. The lowest BCUT2D eigenvalue weighted by molar-refractivity contribution is 0.318. The van der Waals surface area contributed by atoms with Gasteiger partial charge < -0.3 is 4.52 Å². The van der Waals surface area contributed by atoms with Crippen molar-refractivity contribution in [3.8, 4) is 0 Å². The molecular weight excluding hydrogens is 219 g/mol. The molecule has 0 aliphatic carbocycles. The summed E-state index contributed by atoms with van der Waals surface area (Å²) < 4.78 is 17.1. The lowest BCUT2D eigenvalue weighted by Gasteiger charge is -2.05. The molecule has 0 aliphatic rings. The van der Waals surface area contributed by atoms with Crippen molar-refractivity contribution >= 4 is 13.3 Å². The highest BCUT2D eigenvalue weighted by Gasteiger charge is 2.02. The Morgan fingerprint density at radius 3 is 2.50 bits per heavy atom. The highest BCUT2D eigenvalue weighted by Crippen LogP contribution is 2.21. The van der Waals surface area contributed by atoms with Crippen LogP contribution in [0.1, 0.15) is 33.1 Å². The third-order valence-electron chi connectivity index (χ3n) is 2.42. The third kappa shape index (κ3) is 5.48. The van der Waals surface area contributed by atoms with E-state index in [2.05, 4.69) is 13.8 Å². The fourth-order valence-electron chi connectivity index (χ4n) is 1.48. The summed E-state index contributed by atoms with van der Waals surface area (Å²) in [4.78, 5) is 0. The molecule has 0 N–H and O–H groups in total. The Morgan fingerprint density at radius 2 is 1.88 bits per heavy atom. The first-order chi connectivity index (χ1) is 7.70. The van der Waals surface area contributed by atoms with E-state index in [9.17, 15) is 4.57 Å². The molecule has 0 fully saturated rings. The molecule has 0 radical (unpaired) electrons. The average molecular weight is 240 g/mol. The highest BCUT2D eigenvalue weighted by atomic mass is 31.1. The molecule has 1 aromatic rings. The number of unbranched alkanes of at least 4 members (excludes halogenated alkanes) is 1. The zero-order valence-electron chi connectivity index (χ0n) is 10.1. The molecule has 0 spiro atoms. The third-order valence-corrected chi connectivity index (χ3v) is 3.69. The van der Waals surface area contributed by atoms with Gasteiger partial charge in [-0.05, 0) is 24.5 Å². The van der Waals surface area contributed by atoms with Gasteiger partial charge in [-0.1, -0.05) is 44.9 Å². The van der Waals surface area contributed by atoms with Crippen LogP contribution in [0.25, 0.3) is 0 Å². The molecule has 2 nitrogen and oxygen atoms in total. The van der Waals surface area contributed by atoms with Crippen LogP contribution in [0, 0.1) is 5.92 Å². The van der Waals surface area contributed by atoms with Crippen molar-refractivity contribution in [2.45, 2.75) is 33.1 Å². The molecule has 0 saturated carbocycles. The molecule has 0 aromatic heterocycles. The minimum atomic E-state index is -2.02. The van der Waals surface area contributed by atoms with E-state index in [-0.39, 0.29) is 0 Å². The average Bonchev–Trinajstić information content (AvgIpc) is 2.29. The lowest BCUT2D eigenvalue weighted by atomic mass is 10.1. The topological polar surface area (TPSA) is 26.3 Å². The van der Waals surface area contributed by atoms with Gasteiger partial charge in [0.05, 0.1) is 6.61 Å². The van der Waals surface area contributed by atoms with E-state index in [1.165, 1.54) is 6.42 Å². The van der Waals surface area contributed by atoms with Crippen molar-refractivity contribution in [3.63, 3.8) is 0 Å². The maximum Gasteiger partial charge on any atom is 0.220 e. The van der Waals surface area contributed by atoms with E-state index in [0.717, 1.165) is 24.1 Å². The van der Waals surface area contributed by atoms with Crippen LogP contribution in [-0.4, -0.2) is 6.61 Å². The van der Waals surface area contributed by atoms with E-state index in [1.54, 1.807) is 0 Å². The first-order valence-corrected chi connectivity index (χ1v) is 7.24. The monoisotopic (exact) mass is 240 g/mol. The van der Waals surface area contributed by atoms with Gasteiger partial charge in [-0.25, -0.2) is 0 Å². The molecule has 1 aromatic carbocycles. The molecule has 0 heterocycles. The summed E-state index contributed by atoms with van der Waals surface area (Å²) >= 11 is 0. The van der Waals surface area contributed by atoms with Crippen LogP contribution in [0.2, 0.25) is 0 Å². The Balaban J connectivity index is 2.16. The molecule has 0 saturated heterocycles. The summed E-state index contributed by atoms with van der Waals surface area (Å²) in [5.74, 6) is 0.742. The molecule has 90 valence electrons. The van der Waals surface area contributed by atoms with E-state index < -0.39 is 8.03 Å². The summed E-state index contributed by atoms with van der Waals surface area (Å²) in [7, 11) is -2.02. The summed E-state index contributed by atoms with van der Waals surface area (Å²) in [6, 6.07) is 9.41. The summed E-state index contributed by atoms with van der Waals surface area (Å²) in [5, 5.41) is 0.816. The molecule has 1 atom stereocenters. The molecule has 0 aliphatic heterocycles. The van der Waals surface area contributed by atoms with Crippen molar-refractivity contribution in [3.05, 3.63) is 30.3 Å². The van der Waals surface area contributed by atoms with Crippen LogP contribution in [0.15, 0.2) is 30.3 Å². The normalized spacial score (nSPS) is 12.9. The van der Waals surface area contributed by atoms with Crippen LogP contribution in [-0.2, 0) is 9.09 Å². The summed E-state index contributed by atoms with van der Waals surface area (Å²) in [6.45, 7) is 5.04. The van der Waals surface area contributed by atoms with Gasteiger partial charge in [0.1, 0.15) is 0 Å². The number of hydrogen-bond acceptors (Lipinski definition) is 2. The van der Waals surface area contributed by atoms with Crippen LogP contribution in [0.5, 0.6) is 0 Å². The van der Waals surface area contributed by atoms with E-state index in [1.807, 2.05) is 30.3 Å². The van der Waals surface area contributed by atoms with Gasteiger partial charge >= 0.3 is 0 Å². The SMILES string of the molecule is CC(C)CCCCO[PH](=O)c1ccccc1. The van der Waals surface area contributed by atoms with Gasteiger partial charge in [0, 0.05) is 5.30 Å². The summed E-state index contributed by atoms with van der Waals surface area (Å²) in [6.07, 6.45) is 3.37. The van der Waals surface area contributed by atoms with Gasteiger partial charge in [-0.3, -0.25) is 4.57 Å². The number of hydrogen-bond donors (Lipinski definition) is 0. The Labute approximate surface area is 98.9 Å².